The number of rotatable bonds is 18. The fraction of sp³-hybridized carbons (Fsp3) is 0.564. The summed E-state index contributed by atoms with van der Waals surface area (Å²) in [5, 5.41) is 17.5. The van der Waals surface area contributed by atoms with Crippen molar-refractivity contribution in [3.8, 4) is 0 Å². The molecule has 6 amide bonds. The monoisotopic (exact) mass is 734 g/mol. The number of amides is 6. The first-order valence-corrected chi connectivity index (χ1v) is 18.8. The van der Waals surface area contributed by atoms with Gasteiger partial charge >= 0.3 is 6.03 Å². The van der Waals surface area contributed by atoms with E-state index in [4.69, 9.17) is 10.5 Å². The third kappa shape index (κ3) is 13.8. The van der Waals surface area contributed by atoms with Crippen LogP contribution < -0.4 is 37.6 Å². The molecule has 2 aliphatic heterocycles. The van der Waals surface area contributed by atoms with Crippen molar-refractivity contribution in [3.05, 3.63) is 71.8 Å². The van der Waals surface area contributed by atoms with Crippen molar-refractivity contribution in [2.75, 3.05) is 39.9 Å². The first kappa shape index (κ1) is 41.2. The number of hydrogen-bond donors (Lipinski definition) is 7. The van der Waals surface area contributed by atoms with Crippen LogP contribution in [0.5, 0.6) is 0 Å². The van der Waals surface area contributed by atoms with Gasteiger partial charge in [-0.2, -0.15) is 0 Å². The summed E-state index contributed by atoms with van der Waals surface area (Å²) in [6, 6.07) is 14.6. The number of carbonyl (C=O) groups is 5. The molecule has 2 heterocycles. The average Bonchev–Trinajstić information content (AvgIpc) is 3.68. The van der Waals surface area contributed by atoms with Gasteiger partial charge < -0.3 is 47.3 Å². The van der Waals surface area contributed by atoms with Crippen LogP contribution in [-0.4, -0.2) is 111 Å². The highest BCUT2D eigenvalue weighted by Gasteiger charge is 2.34. The summed E-state index contributed by atoms with van der Waals surface area (Å²) < 4.78 is 6.00. The average molecular weight is 735 g/mol. The van der Waals surface area contributed by atoms with Crippen LogP contribution in [-0.2, 0) is 36.8 Å². The fourth-order valence-electron chi connectivity index (χ4n) is 6.67. The zero-order chi connectivity index (χ0) is 38.2. The highest BCUT2D eigenvalue weighted by atomic mass is 16.5. The maximum absolute atomic E-state index is 14.0. The molecular weight excluding hydrogens is 676 g/mol. The number of piperidine rings is 1. The van der Waals surface area contributed by atoms with E-state index in [1.807, 2.05) is 74.5 Å². The SMILES string of the molecule is CNC(=O)NC1CCN(C(=O)[C@@H](COC[C@@H]2CCCN2)NC(=O)[C@@H](CC(C)C)NC(=O)[C@@H](Cc2ccccc2)NC(=O)[C@H](N)Cc2ccccc2)CC1. The standard InChI is InChI=1S/C39H58N8O6/c1-26(2)21-32(45-37(50)33(23-28-13-8-5-9-14-28)44-35(48)31(40)22-27-11-6-4-7-12-27)36(49)46-34(25-53-24-30-15-10-18-42-30)38(51)47-19-16-29(17-20-47)43-39(52)41-3/h4-9,11-14,26,29-34,42H,10,15-25,40H2,1-3H3,(H,44,48)(H,45,50)(H,46,49)(H2,41,43,52)/t30-,31+,32+,33+,34+/m0/s1. The second kappa shape index (κ2) is 21.2. The van der Waals surface area contributed by atoms with Crippen molar-refractivity contribution in [3.63, 3.8) is 0 Å². The summed E-state index contributed by atoms with van der Waals surface area (Å²) in [5.74, 6) is -1.81. The lowest BCUT2D eigenvalue weighted by molar-refractivity contribution is -0.140. The molecule has 53 heavy (non-hydrogen) atoms. The first-order valence-electron chi connectivity index (χ1n) is 18.8. The van der Waals surface area contributed by atoms with Crippen molar-refractivity contribution in [1.82, 2.24) is 36.8 Å². The molecule has 0 unspecified atom stereocenters. The molecule has 0 saturated carbocycles. The Morgan fingerprint density at radius 2 is 1.40 bits per heavy atom. The van der Waals surface area contributed by atoms with Gasteiger partial charge in [-0.05, 0) is 62.1 Å². The maximum Gasteiger partial charge on any atom is 0.314 e. The van der Waals surface area contributed by atoms with Gasteiger partial charge in [0.1, 0.15) is 18.1 Å². The van der Waals surface area contributed by atoms with Crippen LogP contribution in [0.1, 0.15) is 57.1 Å². The molecule has 4 rings (SSSR count). The van der Waals surface area contributed by atoms with E-state index in [9.17, 15) is 24.0 Å². The third-order valence-corrected chi connectivity index (χ3v) is 9.64. The summed E-state index contributed by atoms with van der Waals surface area (Å²) >= 11 is 0. The van der Waals surface area contributed by atoms with E-state index < -0.39 is 41.9 Å². The van der Waals surface area contributed by atoms with Crippen molar-refractivity contribution in [2.24, 2.45) is 11.7 Å². The number of nitrogens with one attached hydrogen (secondary N) is 6. The van der Waals surface area contributed by atoms with E-state index in [1.54, 1.807) is 11.9 Å². The summed E-state index contributed by atoms with van der Waals surface area (Å²) in [7, 11) is 1.56. The van der Waals surface area contributed by atoms with Crippen LogP contribution in [0.25, 0.3) is 0 Å². The Hall–Kier alpha value is -4.53. The van der Waals surface area contributed by atoms with E-state index in [0.717, 1.165) is 30.5 Å². The number of benzene rings is 2. The molecule has 0 aliphatic carbocycles. The van der Waals surface area contributed by atoms with Crippen LogP contribution in [0.3, 0.4) is 0 Å². The van der Waals surface area contributed by atoms with Gasteiger partial charge in [0.25, 0.3) is 0 Å². The number of likely N-dealkylation sites (tertiary alicyclic amines) is 1. The van der Waals surface area contributed by atoms with Crippen molar-refractivity contribution in [1.29, 1.82) is 0 Å². The number of urea groups is 1. The lowest BCUT2D eigenvalue weighted by atomic mass is 10.00. The van der Waals surface area contributed by atoms with E-state index in [2.05, 4.69) is 31.9 Å². The van der Waals surface area contributed by atoms with Crippen LogP contribution in [0.15, 0.2) is 60.7 Å². The van der Waals surface area contributed by atoms with Gasteiger partial charge in [-0.3, -0.25) is 19.2 Å². The molecule has 5 atom stereocenters. The number of nitrogens with two attached hydrogens (primary N) is 1. The molecule has 2 aromatic rings. The molecule has 290 valence electrons. The van der Waals surface area contributed by atoms with Crippen LogP contribution in [0.2, 0.25) is 0 Å². The number of carbonyl (C=O) groups excluding carboxylic acids is 5. The predicted octanol–water partition coefficient (Wildman–Crippen LogP) is 0.988. The quantitative estimate of drug-likeness (QED) is 0.118. The number of ether oxygens (including phenoxy) is 1. The highest BCUT2D eigenvalue weighted by Crippen LogP contribution is 2.14. The largest absolute Gasteiger partial charge is 0.377 e. The van der Waals surface area contributed by atoms with E-state index >= 15 is 0 Å². The normalized spacial score (nSPS) is 18.4. The van der Waals surface area contributed by atoms with Gasteiger partial charge in [0.05, 0.1) is 19.3 Å². The minimum atomic E-state index is -1.02. The maximum atomic E-state index is 14.0. The molecule has 8 N–H and O–H groups in total. The van der Waals surface area contributed by atoms with Crippen molar-refractivity contribution in [2.45, 2.75) is 95.0 Å². The number of hydrogen-bond acceptors (Lipinski definition) is 8. The lowest BCUT2D eigenvalue weighted by Crippen LogP contribution is -2.60. The summed E-state index contributed by atoms with van der Waals surface area (Å²) in [6.45, 7) is 5.97. The molecule has 2 aliphatic rings. The third-order valence-electron chi connectivity index (χ3n) is 9.64. The lowest BCUT2D eigenvalue weighted by Gasteiger charge is -2.35. The van der Waals surface area contributed by atoms with Crippen molar-refractivity contribution >= 4 is 29.7 Å². The molecule has 2 fully saturated rings. The molecule has 0 spiro atoms. The van der Waals surface area contributed by atoms with Crippen LogP contribution in [0, 0.1) is 5.92 Å². The highest BCUT2D eigenvalue weighted by molar-refractivity contribution is 5.95. The van der Waals surface area contributed by atoms with Gasteiger partial charge in [0.2, 0.25) is 23.6 Å². The zero-order valence-electron chi connectivity index (χ0n) is 31.3. The minimum Gasteiger partial charge on any atom is -0.377 e. The number of nitrogens with zero attached hydrogens (tertiary/aromatic N) is 1. The van der Waals surface area contributed by atoms with Gasteiger partial charge in [-0.1, -0.05) is 74.5 Å². The zero-order valence-corrected chi connectivity index (χ0v) is 31.3. The van der Waals surface area contributed by atoms with Crippen molar-refractivity contribution < 1.29 is 28.7 Å². The topological polar surface area (TPSA) is 196 Å². The second-order valence-corrected chi connectivity index (χ2v) is 14.5. The summed E-state index contributed by atoms with van der Waals surface area (Å²) in [5.41, 5.74) is 8.00. The molecule has 0 radical (unpaired) electrons. The smallest absolute Gasteiger partial charge is 0.314 e. The summed E-state index contributed by atoms with van der Waals surface area (Å²) in [6.07, 6.45) is 3.93. The van der Waals surface area contributed by atoms with Gasteiger partial charge in [-0.25, -0.2) is 4.79 Å². The Morgan fingerprint density at radius 3 is 1.98 bits per heavy atom. The Balaban J connectivity index is 1.46. The molecule has 2 saturated heterocycles. The second-order valence-electron chi connectivity index (χ2n) is 14.5. The van der Waals surface area contributed by atoms with Crippen LogP contribution >= 0.6 is 0 Å². The molecular formula is C39H58N8O6. The van der Waals surface area contributed by atoms with E-state index in [1.165, 1.54) is 0 Å². The Morgan fingerprint density at radius 1 is 0.811 bits per heavy atom. The minimum absolute atomic E-state index is 0.0122. The van der Waals surface area contributed by atoms with E-state index in [-0.39, 0.29) is 43.0 Å². The van der Waals surface area contributed by atoms with E-state index in [0.29, 0.717) is 45.4 Å². The van der Waals surface area contributed by atoms with Gasteiger partial charge in [0, 0.05) is 38.6 Å². The molecule has 0 aromatic heterocycles. The molecule has 2 aromatic carbocycles. The van der Waals surface area contributed by atoms with Gasteiger partial charge in [-0.15, -0.1) is 0 Å². The first-order chi connectivity index (χ1) is 25.5. The Kier molecular flexibility index (Phi) is 16.5. The van der Waals surface area contributed by atoms with Gasteiger partial charge in [0.15, 0.2) is 0 Å². The predicted molar refractivity (Wildman–Crippen MR) is 203 cm³/mol. The Bertz CT molecular complexity index is 1460. The molecule has 0 bridgehead atoms. The molecule has 14 nitrogen and oxygen atoms in total. The Labute approximate surface area is 313 Å². The summed E-state index contributed by atoms with van der Waals surface area (Å²) in [4.78, 5) is 68.8. The fourth-order valence-corrected chi connectivity index (χ4v) is 6.67. The van der Waals surface area contributed by atoms with Crippen LogP contribution in [0.4, 0.5) is 4.79 Å². The molecule has 14 heteroatoms.